The third-order valence-electron chi connectivity index (χ3n) is 2.93. The normalized spacial score (nSPS) is 15.6. The van der Waals surface area contributed by atoms with Crippen LogP contribution >= 0.6 is 0 Å². The molecule has 1 aliphatic carbocycles. The molecular formula is C14H29N3O2. The van der Waals surface area contributed by atoms with Crippen LogP contribution < -0.4 is 10.6 Å². The molecule has 0 amide bonds. The number of hydrogen-bond donors (Lipinski definition) is 2. The summed E-state index contributed by atoms with van der Waals surface area (Å²) in [5.74, 6) is 1.74. The zero-order chi connectivity index (χ0) is 13.8. The van der Waals surface area contributed by atoms with Crippen molar-refractivity contribution in [3.05, 3.63) is 0 Å². The van der Waals surface area contributed by atoms with Gasteiger partial charge in [0.15, 0.2) is 5.96 Å². The van der Waals surface area contributed by atoms with Crippen LogP contribution in [0.1, 0.15) is 32.6 Å². The average molecular weight is 271 g/mol. The number of aliphatic imine (C=N–C) groups is 1. The van der Waals surface area contributed by atoms with Gasteiger partial charge >= 0.3 is 0 Å². The number of rotatable bonds is 11. The van der Waals surface area contributed by atoms with Crippen molar-refractivity contribution in [2.45, 2.75) is 32.6 Å². The van der Waals surface area contributed by atoms with E-state index >= 15 is 0 Å². The molecule has 0 aliphatic heterocycles. The van der Waals surface area contributed by atoms with E-state index in [0.717, 1.165) is 64.2 Å². The fraction of sp³-hybridized carbons (Fsp3) is 0.929. The molecule has 1 aliphatic rings. The van der Waals surface area contributed by atoms with Crippen molar-refractivity contribution in [1.29, 1.82) is 0 Å². The number of nitrogens with one attached hydrogen (secondary N) is 2. The lowest BCUT2D eigenvalue weighted by Crippen LogP contribution is -2.38. The molecule has 1 rings (SSSR count). The van der Waals surface area contributed by atoms with Crippen molar-refractivity contribution in [2.24, 2.45) is 10.9 Å². The highest BCUT2D eigenvalue weighted by atomic mass is 16.5. The van der Waals surface area contributed by atoms with Gasteiger partial charge in [0.1, 0.15) is 0 Å². The SMILES string of the molecule is CCNC(=NCCCOC)NCCCOCC1CC1. The average Bonchev–Trinajstić information content (AvgIpc) is 3.22. The largest absolute Gasteiger partial charge is 0.385 e. The molecule has 19 heavy (non-hydrogen) atoms. The van der Waals surface area contributed by atoms with Crippen molar-refractivity contribution >= 4 is 5.96 Å². The maximum absolute atomic E-state index is 5.60. The van der Waals surface area contributed by atoms with Crippen LogP contribution in [0.2, 0.25) is 0 Å². The van der Waals surface area contributed by atoms with Crippen LogP contribution in [0.4, 0.5) is 0 Å². The number of hydrogen-bond acceptors (Lipinski definition) is 3. The Kier molecular flexibility index (Phi) is 9.45. The standard InChI is InChI=1S/C14H29N3O2/c1-3-15-14(16-8-4-10-18-2)17-9-5-11-19-12-13-6-7-13/h13H,3-12H2,1-2H3,(H2,15,16,17). The summed E-state index contributed by atoms with van der Waals surface area (Å²) in [6.07, 6.45) is 4.70. The molecule has 5 heteroatoms. The van der Waals surface area contributed by atoms with Crippen LogP contribution in [0.3, 0.4) is 0 Å². The lowest BCUT2D eigenvalue weighted by molar-refractivity contribution is 0.123. The maximum Gasteiger partial charge on any atom is 0.191 e. The second kappa shape index (κ2) is 11.1. The van der Waals surface area contributed by atoms with E-state index in [-0.39, 0.29) is 0 Å². The number of ether oxygens (including phenoxy) is 2. The molecule has 1 saturated carbocycles. The van der Waals surface area contributed by atoms with Gasteiger partial charge in [-0.1, -0.05) is 0 Å². The van der Waals surface area contributed by atoms with Gasteiger partial charge < -0.3 is 20.1 Å². The summed E-state index contributed by atoms with van der Waals surface area (Å²) in [6, 6.07) is 0. The smallest absolute Gasteiger partial charge is 0.191 e. The molecule has 112 valence electrons. The molecule has 1 fully saturated rings. The Morgan fingerprint density at radius 2 is 2.05 bits per heavy atom. The van der Waals surface area contributed by atoms with Crippen molar-refractivity contribution < 1.29 is 9.47 Å². The lowest BCUT2D eigenvalue weighted by atomic mass is 10.4. The third-order valence-corrected chi connectivity index (χ3v) is 2.93. The monoisotopic (exact) mass is 271 g/mol. The topological polar surface area (TPSA) is 54.9 Å². The number of methoxy groups -OCH3 is 1. The molecule has 2 N–H and O–H groups in total. The van der Waals surface area contributed by atoms with Gasteiger partial charge in [-0.2, -0.15) is 0 Å². The van der Waals surface area contributed by atoms with E-state index in [9.17, 15) is 0 Å². The Balaban J connectivity index is 1.99. The summed E-state index contributed by atoms with van der Waals surface area (Å²) in [5.41, 5.74) is 0. The molecule has 0 atom stereocenters. The highest BCUT2D eigenvalue weighted by Gasteiger charge is 2.20. The van der Waals surface area contributed by atoms with Gasteiger partial charge in [0.2, 0.25) is 0 Å². The highest BCUT2D eigenvalue weighted by Crippen LogP contribution is 2.28. The van der Waals surface area contributed by atoms with Crippen molar-refractivity contribution in [1.82, 2.24) is 10.6 Å². The zero-order valence-corrected chi connectivity index (χ0v) is 12.4. The first kappa shape index (κ1) is 16.2. The van der Waals surface area contributed by atoms with E-state index in [0.29, 0.717) is 0 Å². The van der Waals surface area contributed by atoms with Crippen LogP contribution in [0, 0.1) is 5.92 Å². The van der Waals surface area contributed by atoms with E-state index in [1.807, 2.05) is 0 Å². The van der Waals surface area contributed by atoms with Gasteiger partial charge in [0.25, 0.3) is 0 Å². The number of nitrogens with zero attached hydrogens (tertiary/aromatic N) is 1. The second-order valence-corrected chi connectivity index (χ2v) is 4.91. The van der Waals surface area contributed by atoms with E-state index in [2.05, 4.69) is 22.5 Å². The van der Waals surface area contributed by atoms with E-state index in [1.54, 1.807) is 7.11 Å². The van der Waals surface area contributed by atoms with E-state index < -0.39 is 0 Å². The molecule has 0 bridgehead atoms. The summed E-state index contributed by atoms with van der Waals surface area (Å²) in [4.78, 5) is 4.48. The predicted molar refractivity (Wildman–Crippen MR) is 78.6 cm³/mol. The minimum atomic E-state index is 0.762. The molecule has 0 aromatic rings. The van der Waals surface area contributed by atoms with Crippen molar-refractivity contribution in [3.8, 4) is 0 Å². The molecule has 0 saturated heterocycles. The maximum atomic E-state index is 5.60. The lowest BCUT2D eigenvalue weighted by Gasteiger charge is -2.11. The number of guanidine groups is 1. The van der Waals surface area contributed by atoms with Gasteiger partial charge in [-0.05, 0) is 38.5 Å². The van der Waals surface area contributed by atoms with Gasteiger partial charge in [-0.25, -0.2) is 0 Å². The second-order valence-electron chi connectivity index (χ2n) is 4.91. The van der Waals surface area contributed by atoms with Gasteiger partial charge in [-0.15, -0.1) is 0 Å². The Morgan fingerprint density at radius 1 is 1.21 bits per heavy atom. The minimum Gasteiger partial charge on any atom is -0.385 e. The van der Waals surface area contributed by atoms with Crippen molar-refractivity contribution in [3.63, 3.8) is 0 Å². The Morgan fingerprint density at radius 3 is 2.74 bits per heavy atom. The van der Waals surface area contributed by atoms with Crippen LogP contribution in [0.25, 0.3) is 0 Å². The molecule has 0 heterocycles. The first-order chi connectivity index (χ1) is 9.36. The zero-order valence-electron chi connectivity index (χ0n) is 12.4. The fourth-order valence-electron chi connectivity index (χ4n) is 1.66. The van der Waals surface area contributed by atoms with E-state index in [4.69, 9.17) is 9.47 Å². The van der Waals surface area contributed by atoms with E-state index in [1.165, 1.54) is 12.8 Å². The molecule has 0 aromatic heterocycles. The fourth-order valence-corrected chi connectivity index (χ4v) is 1.66. The third kappa shape index (κ3) is 9.73. The molecule has 0 aromatic carbocycles. The van der Waals surface area contributed by atoms with Crippen LogP contribution in [-0.4, -0.2) is 52.5 Å². The molecule has 0 spiro atoms. The first-order valence-electron chi connectivity index (χ1n) is 7.45. The molecule has 0 unspecified atom stereocenters. The summed E-state index contributed by atoms with van der Waals surface area (Å²) in [6.45, 7) is 7.21. The Labute approximate surface area is 117 Å². The van der Waals surface area contributed by atoms with Gasteiger partial charge in [0.05, 0.1) is 0 Å². The van der Waals surface area contributed by atoms with Gasteiger partial charge in [-0.3, -0.25) is 4.99 Å². The van der Waals surface area contributed by atoms with Crippen molar-refractivity contribution in [2.75, 3.05) is 46.6 Å². The quantitative estimate of drug-likeness (QED) is 0.339. The Hall–Kier alpha value is -0.810. The summed E-state index contributed by atoms with van der Waals surface area (Å²) < 4.78 is 10.6. The summed E-state index contributed by atoms with van der Waals surface area (Å²) in [7, 11) is 1.72. The Bertz CT molecular complexity index is 243. The predicted octanol–water partition coefficient (Wildman–Crippen LogP) is 1.39. The van der Waals surface area contributed by atoms with Crippen LogP contribution in [0.5, 0.6) is 0 Å². The van der Waals surface area contributed by atoms with Crippen LogP contribution in [0.15, 0.2) is 4.99 Å². The molecule has 5 nitrogen and oxygen atoms in total. The molecular weight excluding hydrogens is 242 g/mol. The minimum absolute atomic E-state index is 0.762. The summed E-state index contributed by atoms with van der Waals surface area (Å²) >= 11 is 0. The highest BCUT2D eigenvalue weighted by molar-refractivity contribution is 5.79. The first-order valence-corrected chi connectivity index (χ1v) is 7.45. The van der Waals surface area contributed by atoms with Gasteiger partial charge in [0, 0.05) is 46.6 Å². The molecule has 0 radical (unpaired) electrons. The summed E-state index contributed by atoms with van der Waals surface area (Å²) in [5, 5.41) is 6.56. The van der Waals surface area contributed by atoms with Crippen LogP contribution in [-0.2, 0) is 9.47 Å².